The van der Waals surface area contributed by atoms with Gasteiger partial charge in [-0.3, -0.25) is 4.79 Å². The molecule has 0 aliphatic carbocycles. The molecule has 0 fully saturated rings. The lowest BCUT2D eigenvalue weighted by atomic mass is 10.1. The van der Waals surface area contributed by atoms with Crippen molar-refractivity contribution >= 4 is 17.3 Å². The minimum absolute atomic E-state index is 0.0346. The lowest BCUT2D eigenvalue weighted by Gasteiger charge is -2.19. The van der Waals surface area contributed by atoms with E-state index in [0.29, 0.717) is 0 Å². The molecule has 1 amide bonds. The minimum Gasteiger partial charge on any atom is -0.372 e. The van der Waals surface area contributed by atoms with Gasteiger partial charge in [-0.15, -0.1) is 0 Å². The number of benzene rings is 1. The highest BCUT2D eigenvalue weighted by molar-refractivity contribution is 5.97. The van der Waals surface area contributed by atoms with Crippen molar-refractivity contribution in [3.63, 3.8) is 0 Å². The van der Waals surface area contributed by atoms with Gasteiger partial charge in [0.25, 0.3) is 0 Å². The Morgan fingerprint density at radius 1 is 1.43 bits per heavy atom. The van der Waals surface area contributed by atoms with E-state index >= 15 is 0 Å². The molecule has 1 unspecified atom stereocenters. The Bertz CT molecular complexity index is 362. The lowest BCUT2D eigenvalue weighted by Crippen LogP contribution is -2.27. The summed E-state index contributed by atoms with van der Waals surface area (Å²) in [7, 11) is 2.01. The third-order valence-electron chi connectivity index (χ3n) is 2.57. The first-order valence-electron chi connectivity index (χ1n) is 4.79. The van der Waals surface area contributed by atoms with E-state index in [-0.39, 0.29) is 11.8 Å². The molecule has 1 aliphatic heterocycles. The normalized spacial score (nSPS) is 21.1. The average Bonchev–Trinajstić information content (AvgIpc) is 2.27. The molecule has 0 bridgehead atoms. The predicted molar refractivity (Wildman–Crippen MR) is 57.5 cm³/mol. The highest BCUT2D eigenvalue weighted by Gasteiger charge is 2.21. The van der Waals surface area contributed by atoms with Gasteiger partial charge in [-0.25, -0.2) is 0 Å². The fraction of sp³-hybridized carbons (Fsp3) is 0.364. The molecule has 0 saturated carbocycles. The molecule has 1 N–H and O–H groups in total. The summed E-state index contributed by atoms with van der Waals surface area (Å²) < 4.78 is 0. The zero-order chi connectivity index (χ0) is 10.1. The summed E-state index contributed by atoms with van der Waals surface area (Å²) in [6, 6.07) is 7.87. The summed E-state index contributed by atoms with van der Waals surface area (Å²) in [5.74, 6) is 0.134. The average molecular weight is 190 g/mol. The van der Waals surface area contributed by atoms with Gasteiger partial charge in [0.15, 0.2) is 0 Å². The Morgan fingerprint density at radius 3 is 2.93 bits per heavy atom. The number of fused-ring (bicyclic) bond motifs is 1. The van der Waals surface area contributed by atoms with Gasteiger partial charge in [-0.2, -0.15) is 0 Å². The summed E-state index contributed by atoms with van der Waals surface area (Å²) in [6.07, 6.45) is 0. The molecule has 3 heteroatoms. The predicted octanol–water partition coefficient (Wildman–Crippen LogP) is 1.71. The quantitative estimate of drug-likeness (QED) is 0.675. The highest BCUT2D eigenvalue weighted by Crippen LogP contribution is 2.28. The molecule has 1 heterocycles. The van der Waals surface area contributed by atoms with Crippen LogP contribution in [-0.2, 0) is 4.79 Å². The molecule has 1 aromatic carbocycles. The van der Waals surface area contributed by atoms with Crippen LogP contribution in [0.4, 0.5) is 11.4 Å². The van der Waals surface area contributed by atoms with Crippen molar-refractivity contribution < 1.29 is 4.79 Å². The number of rotatable bonds is 0. The molecule has 1 aromatic rings. The Morgan fingerprint density at radius 2 is 2.14 bits per heavy atom. The van der Waals surface area contributed by atoms with E-state index < -0.39 is 0 Å². The Kier molecular flexibility index (Phi) is 2.15. The second-order valence-electron chi connectivity index (χ2n) is 3.79. The zero-order valence-electron chi connectivity index (χ0n) is 8.45. The monoisotopic (exact) mass is 190 g/mol. The van der Waals surface area contributed by atoms with Gasteiger partial charge >= 0.3 is 0 Å². The lowest BCUT2D eigenvalue weighted by molar-refractivity contribution is -0.119. The third kappa shape index (κ3) is 1.45. The van der Waals surface area contributed by atoms with Crippen molar-refractivity contribution in [2.24, 2.45) is 5.92 Å². The van der Waals surface area contributed by atoms with Crippen LogP contribution in [0.5, 0.6) is 0 Å². The van der Waals surface area contributed by atoms with Crippen LogP contribution in [0.1, 0.15) is 6.92 Å². The van der Waals surface area contributed by atoms with Gasteiger partial charge in [0.1, 0.15) is 0 Å². The molecule has 0 saturated heterocycles. The van der Waals surface area contributed by atoms with Crippen molar-refractivity contribution in [3.05, 3.63) is 24.3 Å². The van der Waals surface area contributed by atoms with Gasteiger partial charge in [0.2, 0.25) is 5.91 Å². The topological polar surface area (TPSA) is 32.3 Å². The van der Waals surface area contributed by atoms with E-state index in [4.69, 9.17) is 0 Å². The van der Waals surface area contributed by atoms with E-state index in [1.165, 1.54) is 0 Å². The van der Waals surface area contributed by atoms with Crippen LogP contribution in [-0.4, -0.2) is 19.5 Å². The molecule has 0 aromatic heterocycles. The molecule has 2 rings (SSSR count). The zero-order valence-corrected chi connectivity index (χ0v) is 8.45. The fourth-order valence-corrected chi connectivity index (χ4v) is 1.76. The Balaban J connectivity index is 2.43. The molecule has 1 atom stereocenters. The van der Waals surface area contributed by atoms with E-state index in [0.717, 1.165) is 17.9 Å². The molecule has 0 spiro atoms. The van der Waals surface area contributed by atoms with Gasteiger partial charge in [0, 0.05) is 13.6 Å². The number of carbonyl (C=O) groups excluding carboxylic acids is 1. The number of nitrogens with zero attached hydrogens (tertiary/aromatic N) is 1. The van der Waals surface area contributed by atoms with Gasteiger partial charge < -0.3 is 10.2 Å². The van der Waals surface area contributed by atoms with Gasteiger partial charge in [-0.05, 0) is 12.1 Å². The molecular formula is C11H14N2O. The number of hydrogen-bond acceptors (Lipinski definition) is 2. The standard InChI is InChI=1S/C11H14N2O/c1-8-7-13(2)10-6-4-3-5-9(10)12-11(8)14/h3-6,8H,7H2,1-2H3,(H,12,14). The Hall–Kier alpha value is -1.51. The van der Waals surface area contributed by atoms with Crippen molar-refractivity contribution in [2.75, 3.05) is 23.8 Å². The van der Waals surface area contributed by atoms with Crippen LogP contribution in [0.25, 0.3) is 0 Å². The van der Waals surface area contributed by atoms with Crippen LogP contribution >= 0.6 is 0 Å². The number of nitrogens with one attached hydrogen (secondary N) is 1. The van der Waals surface area contributed by atoms with E-state index in [9.17, 15) is 4.79 Å². The molecular weight excluding hydrogens is 176 g/mol. The van der Waals surface area contributed by atoms with Gasteiger partial charge in [0.05, 0.1) is 17.3 Å². The highest BCUT2D eigenvalue weighted by atomic mass is 16.1. The first-order valence-corrected chi connectivity index (χ1v) is 4.79. The van der Waals surface area contributed by atoms with Crippen molar-refractivity contribution in [2.45, 2.75) is 6.92 Å². The van der Waals surface area contributed by atoms with Crippen LogP contribution in [0.3, 0.4) is 0 Å². The second kappa shape index (κ2) is 3.33. The van der Waals surface area contributed by atoms with E-state index in [1.54, 1.807) is 0 Å². The molecule has 14 heavy (non-hydrogen) atoms. The molecule has 0 radical (unpaired) electrons. The Labute approximate surface area is 83.7 Å². The largest absolute Gasteiger partial charge is 0.372 e. The first-order chi connectivity index (χ1) is 6.68. The summed E-state index contributed by atoms with van der Waals surface area (Å²) in [5.41, 5.74) is 1.99. The third-order valence-corrected chi connectivity index (χ3v) is 2.57. The molecule has 1 aliphatic rings. The van der Waals surface area contributed by atoms with E-state index in [1.807, 2.05) is 38.2 Å². The number of amides is 1. The number of para-hydroxylation sites is 2. The summed E-state index contributed by atoms with van der Waals surface area (Å²) in [5, 5.41) is 2.92. The van der Waals surface area contributed by atoms with Crippen LogP contribution in [0.2, 0.25) is 0 Å². The summed E-state index contributed by atoms with van der Waals surface area (Å²) >= 11 is 0. The van der Waals surface area contributed by atoms with Crippen LogP contribution < -0.4 is 10.2 Å². The fourth-order valence-electron chi connectivity index (χ4n) is 1.76. The van der Waals surface area contributed by atoms with Crippen molar-refractivity contribution in [1.29, 1.82) is 0 Å². The molecule has 3 nitrogen and oxygen atoms in total. The summed E-state index contributed by atoms with van der Waals surface area (Å²) in [6.45, 7) is 2.71. The van der Waals surface area contributed by atoms with E-state index in [2.05, 4.69) is 10.2 Å². The maximum Gasteiger partial charge on any atom is 0.229 e. The maximum absolute atomic E-state index is 11.6. The number of anilines is 2. The summed E-state index contributed by atoms with van der Waals surface area (Å²) in [4.78, 5) is 13.7. The first kappa shape index (κ1) is 9.06. The van der Waals surface area contributed by atoms with Crippen molar-refractivity contribution in [1.82, 2.24) is 0 Å². The van der Waals surface area contributed by atoms with Crippen LogP contribution in [0, 0.1) is 5.92 Å². The number of hydrogen-bond donors (Lipinski definition) is 1. The van der Waals surface area contributed by atoms with Crippen molar-refractivity contribution in [3.8, 4) is 0 Å². The van der Waals surface area contributed by atoms with Crippen LogP contribution in [0.15, 0.2) is 24.3 Å². The smallest absolute Gasteiger partial charge is 0.229 e. The second-order valence-corrected chi connectivity index (χ2v) is 3.79. The SMILES string of the molecule is CC1CN(C)c2ccccc2NC1=O. The van der Waals surface area contributed by atoms with Gasteiger partial charge in [-0.1, -0.05) is 19.1 Å². The molecule has 74 valence electrons. The minimum atomic E-state index is 0.0346. The maximum atomic E-state index is 11.6. The number of carbonyl (C=O) groups is 1.